The van der Waals surface area contributed by atoms with Crippen molar-refractivity contribution in [2.75, 3.05) is 17.7 Å². The Morgan fingerprint density at radius 2 is 2.10 bits per heavy atom. The number of benzene rings is 1. The SMILES string of the molecule is CCOC1CC(CC(=O)Nc2c(C)ccc(N)c2C)C1. The molecule has 2 rings (SSSR count). The van der Waals surface area contributed by atoms with Crippen LogP contribution in [0.15, 0.2) is 12.1 Å². The van der Waals surface area contributed by atoms with Gasteiger partial charge in [0.15, 0.2) is 0 Å². The van der Waals surface area contributed by atoms with Gasteiger partial charge < -0.3 is 15.8 Å². The third kappa shape index (κ3) is 3.31. The van der Waals surface area contributed by atoms with Crippen LogP contribution < -0.4 is 11.1 Å². The highest BCUT2D eigenvalue weighted by atomic mass is 16.5. The molecule has 0 aliphatic heterocycles. The molecule has 1 fully saturated rings. The van der Waals surface area contributed by atoms with Gasteiger partial charge in [0.1, 0.15) is 0 Å². The van der Waals surface area contributed by atoms with Crippen molar-refractivity contribution in [3.05, 3.63) is 23.3 Å². The first-order valence-electron chi connectivity index (χ1n) is 7.28. The van der Waals surface area contributed by atoms with E-state index in [1.54, 1.807) is 0 Å². The largest absolute Gasteiger partial charge is 0.398 e. The minimum Gasteiger partial charge on any atom is -0.398 e. The lowest BCUT2D eigenvalue weighted by Gasteiger charge is -2.34. The molecule has 1 aromatic rings. The first-order valence-corrected chi connectivity index (χ1v) is 7.28. The Morgan fingerprint density at radius 3 is 2.75 bits per heavy atom. The van der Waals surface area contributed by atoms with Crippen LogP contribution in [-0.2, 0) is 9.53 Å². The van der Waals surface area contributed by atoms with E-state index in [1.807, 2.05) is 32.9 Å². The third-order valence-electron chi connectivity index (χ3n) is 4.05. The Kier molecular flexibility index (Phi) is 4.65. The van der Waals surface area contributed by atoms with Gasteiger partial charge in [-0.15, -0.1) is 0 Å². The fourth-order valence-electron chi connectivity index (χ4n) is 2.72. The highest BCUT2D eigenvalue weighted by Gasteiger charge is 2.31. The zero-order valence-corrected chi connectivity index (χ0v) is 12.5. The number of carbonyl (C=O) groups is 1. The number of nitrogen functional groups attached to an aromatic ring is 1. The number of amides is 1. The highest BCUT2D eigenvalue weighted by molar-refractivity contribution is 5.93. The number of aryl methyl sites for hydroxylation is 1. The van der Waals surface area contributed by atoms with Crippen LogP contribution in [0.1, 0.15) is 37.3 Å². The van der Waals surface area contributed by atoms with Gasteiger partial charge >= 0.3 is 0 Å². The maximum absolute atomic E-state index is 12.1. The Bertz CT molecular complexity index is 493. The van der Waals surface area contributed by atoms with E-state index in [9.17, 15) is 4.79 Å². The molecular formula is C16H24N2O2. The fourth-order valence-corrected chi connectivity index (χ4v) is 2.72. The van der Waals surface area contributed by atoms with Crippen LogP contribution >= 0.6 is 0 Å². The molecule has 0 spiro atoms. The Labute approximate surface area is 120 Å². The summed E-state index contributed by atoms with van der Waals surface area (Å²) in [7, 11) is 0. The van der Waals surface area contributed by atoms with Crippen LogP contribution in [0.3, 0.4) is 0 Å². The molecule has 1 aliphatic carbocycles. The minimum atomic E-state index is 0.0711. The van der Waals surface area contributed by atoms with E-state index in [4.69, 9.17) is 10.5 Å². The molecule has 4 heteroatoms. The Hall–Kier alpha value is -1.55. The molecule has 0 unspecified atom stereocenters. The Morgan fingerprint density at radius 1 is 1.40 bits per heavy atom. The lowest BCUT2D eigenvalue weighted by Crippen LogP contribution is -2.34. The summed E-state index contributed by atoms with van der Waals surface area (Å²) in [5.41, 5.74) is 9.45. The normalized spacial score (nSPS) is 21.4. The first-order chi connectivity index (χ1) is 9.51. The standard InChI is InChI=1S/C16H24N2O2/c1-4-20-13-7-12(8-13)9-15(19)18-16-10(2)5-6-14(17)11(16)3/h5-6,12-13H,4,7-9,17H2,1-3H3,(H,18,19). The van der Waals surface area contributed by atoms with Gasteiger partial charge in [-0.25, -0.2) is 0 Å². The summed E-state index contributed by atoms with van der Waals surface area (Å²) in [4.78, 5) is 12.1. The van der Waals surface area contributed by atoms with Crippen LogP contribution in [-0.4, -0.2) is 18.6 Å². The van der Waals surface area contributed by atoms with Gasteiger partial charge in [0.2, 0.25) is 5.91 Å². The summed E-state index contributed by atoms with van der Waals surface area (Å²) in [6.07, 6.45) is 2.91. The molecule has 0 heterocycles. The van der Waals surface area contributed by atoms with E-state index in [0.29, 0.717) is 24.1 Å². The van der Waals surface area contributed by atoms with Crippen molar-refractivity contribution in [2.24, 2.45) is 5.92 Å². The van der Waals surface area contributed by atoms with Gasteiger partial charge in [0.25, 0.3) is 0 Å². The molecule has 0 atom stereocenters. The van der Waals surface area contributed by atoms with Crippen molar-refractivity contribution in [1.82, 2.24) is 0 Å². The topological polar surface area (TPSA) is 64.3 Å². The molecule has 0 radical (unpaired) electrons. The zero-order valence-electron chi connectivity index (χ0n) is 12.5. The number of carbonyl (C=O) groups excluding carboxylic acids is 1. The van der Waals surface area contributed by atoms with E-state index in [1.165, 1.54) is 0 Å². The monoisotopic (exact) mass is 276 g/mol. The van der Waals surface area contributed by atoms with E-state index in [0.717, 1.165) is 36.3 Å². The molecule has 0 saturated heterocycles. The quantitative estimate of drug-likeness (QED) is 0.812. The molecule has 1 aliphatic rings. The lowest BCUT2D eigenvalue weighted by molar-refractivity contribution is -0.119. The number of hydrogen-bond acceptors (Lipinski definition) is 3. The van der Waals surface area contributed by atoms with Gasteiger partial charge in [-0.1, -0.05) is 6.07 Å². The molecule has 0 aromatic heterocycles. The van der Waals surface area contributed by atoms with Crippen molar-refractivity contribution in [2.45, 2.75) is 46.1 Å². The molecule has 0 bridgehead atoms. The second kappa shape index (κ2) is 6.27. The summed E-state index contributed by atoms with van der Waals surface area (Å²) >= 11 is 0. The number of ether oxygens (including phenoxy) is 1. The average molecular weight is 276 g/mol. The summed E-state index contributed by atoms with van der Waals surface area (Å²) in [6.45, 7) is 6.68. The third-order valence-corrected chi connectivity index (χ3v) is 4.05. The zero-order chi connectivity index (χ0) is 14.7. The van der Waals surface area contributed by atoms with Gasteiger partial charge in [-0.05, 0) is 56.7 Å². The van der Waals surface area contributed by atoms with Crippen molar-refractivity contribution in [1.29, 1.82) is 0 Å². The van der Waals surface area contributed by atoms with E-state index >= 15 is 0 Å². The van der Waals surface area contributed by atoms with Gasteiger partial charge in [0, 0.05) is 24.4 Å². The van der Waals surface area contributed by atoms with Crippen molar-refractivity contribution in [3.8, 4) is 0 Å². The molecule has 1 saturated carbocycles. The van der Waals surface area contributed by atoms with Gasteiger partial charge in [-0.2, -0.15) is 0 Å². The lowest BCUT2D eigenvalue weighted by atomic mass is 9.80. The number of anilines is 2. The van der Waals surface area contributed by atoms with Crippen molar-refractivity contribution < 1.29 is 9.53 Å². The van der Waals surface area contributed by atoms with Gasteiger partial charge in [0.05, 0.1) is 6.10 Å². The summed E-state index contributed by atoms with van der Waals surface area (Å²) in [5.74, 6) is 0.523. The highest BCUT2D eigenvalue weighted by Crippen LogP contribution is 2.33. The molecule has 4 nitrogen and oxygen atoms in total. The smallest absolute Gasteiger partial charge is 0.224 e. The molecular weight excluding hydrogens is 252 g/mol. The second-order valence-corrected chi connectivity index (χ2v) is 5.64. The number of nitrogens with two attached hydrogens (primary N) is 1. The van der Waals surface area contributed by atoms with E-state index in [2.05, 4.69) is 5.32 Å². The number of nitrogens with one attached hydrogen (secondary N) is 1. The average Bonchev–Trinajstić information content (AvgIpc) is 2.37. The number of hydrogen-bond donors (Lipinski definition) is 2. The maximum Gasteiger partial charge on any atom is 0.224 e. The minimum absolute atomic E-state index is 0.0711. The van der Waals surface area contributed by atoms with Crippen molar-refractivity contribution >= 4 is 17.3 Å². The molecule has 20 heavy (non-hydrogen) atoms. The molecule has 3 N–H and O–H groups in total. The molecule has 110 valence electrons. The molecule has 1 amide bonds. The summed E-state index contributed by atoms with van der Waals surface area (Å²) < 4.78 is 5.51. The second-order valence-electron chi connectivity index (χ2n) is 5.64. The van der Waals surface area contributed by atoms with Gasteiger partial charge in [-0.3, -0.25) is 4.79 Å². The first kappa shape index (κ1) is 14.9. The summed E-state index contributed by atoms with van der Waals surface area (Å²) in [6, 6.07) is 3.81. The number of rotatable bonds is 5. The predicted octanol–water partition coefficient (Wildman–Crippen LogP) is 3.03. The van der Waals surface area contributed by atoms with Crippen LogP contribution in [0, 0.1) is 19.8 Å². The fraction of sp³-hybridized carbons (Fsp3) is 0.562. The van der Waals surface area contributed by atoms with Crippen LogP contribution in [0.2, 0.25) is 0 Å². The molecule has 1 aromatic carbocycles. The van der Waals surface area contributed by atoms with Crippen molar-refractivity contribution in [3.63, 3.8) is 0 Å². The van der Waals surface area contributed by atoms with E-state index in [-0.39, 0.29) is 5.91 Å². The predicted molar refractivity (Wildman–Crippen MR) is 81.7 cm³/mol. The summed E-state index contributed by atoms with van der Waals surface area (Å²) in [5, 5.41) is 3.01. The van der Waals surface area contributed by atoms with Crippen LogP contribution in [0.4, 0.5) is 11.4 Å². The van der Waals surface area contributed by atoms with Crippen LogP contribution in [0.5, 0.6) is 0 Å². The van der Waals surface area contributed by atoms with E-state index < -0.39 is 0 Å². The van der Waals surface area contributed by atoms with Crippen LogP contribution in [0.25, 0.3) is 0 Å². The Balaban J connectivity index is 1.88. The maximum atomic E-state index is 12.1.